The molecule has 0 saturated carbocycles. The Morgan fingerprint density at radius 1 is 1.10 bits per heavy atom. The van der Waals surface area contributed by atoms with E-state index in [2.05, 4.69) is 33.1 Å². The van der Waals surface area contributed by atoms with E-state index in [4.69, 9.17) is 0 Å². The van der Waals surface area contributed by atoms with Crippen molar-refractivity contribution in [2.75, 3.05) is 11.1 Å². The second-order valence-electron chi connectivity index (χ2n) is 6.72. The summed E-state index contributed by atoms with van der Waals surface area (Å²) in [5.74, 6) is -0.125. The summed E-state index contributed by atoms with van der Waals surface area (Å²) in [6.07, 6.45) is 1.83. The lowest BCUT2D eigenvalue weighted by molar-refractivity contribution is -0.113. The number of rotatable bonds is 9. The third kappa shape index (κ3) is 5.90. The number of nitrogens with one attached hydrogen (secondary N) is 2. The number of amides is 2. The van der Waals surface area contributed by atoms with E-state index in [-0.39, 0.29) is 23.6 Å². The maximum atomic E-state index is 12.7. The summed E-state index contributed by atoms with van der Waals surface area (Å²) in [6.45, 7) is 2.10. The maximum Gasteiger partial charge on any atom is 0.251 e. The molecule has 0 saturated heterocycles. The van der Waals surface area contributed by atoms with Gasteiger partial charge in [0.05, 0.1) is 11.8 Å². The van der Waals surface area contributed by atoms with Gasteiger partial charge in [-0.25, -0.2) is 4.68 Å². The van der Waals surface area contributed by atoms with Gasteiger partial charge in [0.15, 0.2) is 0 Å². The van der Waals surface area contributed by atoms with E-state index in [0.29, 0.717) is 16.4 Å². The fourth-order valence-electron chi connectivity index (χ4n) is 2.91. The highest BCUT2D eigenvalue weighted by atomic mass is 32.2. The van der Waals surface area contributed by atoms with Gasteiger partial charge in [0.1, 0.15) is 0 Å². The number of nitrogens with zero attached hydrogens (tertiary/aromatic N) is 4. The molecule has 0 radical (unpaired) electrons. The maximum absolute atomic E-state index is 12.7. The zero-order chi connectivity index (χ0) is 21.3. The van der Waals surface area contributed by atoms with Crippen molar-refractivity contribution in [3.05, 3.63) is 65.7 Å². The fraction of sp³-hybridized carbons (Fsp3) is 0.286. The summed E-state index contributed by atoms with van der Waals surface area (Å²) in [6, 6.07) is 16.8. The molecule has 0 fully saturated rings. The van der Waals surface area contributed by atoms with Crippen LogP contribution in [0.5, 0.6) is 0 Å². The molecule has 0 bridgehead atoms. The topological polar surface area (TPSA) is 102 Å². The first-order chi connectivity index (χ1) is 14.6. The normalized spacial score (nSPS) is 11.7. The van der Waals surface area contributed by atoms with E-state index >= 15 is 0 Å². The van der Waals surface area contributed by atoms with Gasteiger partial charge in [-0.05, 0) is 46.7 Å². The number of aryl methyl sites for hydroxylation is 1. The number of benzene rings is 2. The average Bonchev–Trinajstić information content (AvgIpc) is 3.18. The summed E-state index contributed by atoms with van der Waals surface area (Å²) in [5.41, 5.74) is 2.26. The number of anilines is 1. The van der Waals surface area contributed by atoms with Crippen molar-refractivity contribution in [1.82, 2.24) is 25.5 Å². The predicted molar refractivity (Wildman–Crippen MR) is 116 cm³/mol. The first-order valence-electron chi connectivity index (χ1n) is 9.67. The van der Waals surface area contributed by atoms with Crippen LogP contribution in [0.25, 0.3) is 0 Å². The number of thioether (sulfide) groups is 1. The van der Waals surface area contributed by atoms with Crippen molar-refractivity contribution in [2.45, 2.75) is 31.0 Å². The molecule has 30 heavy (non-hydrogen) atoms. The lowest BCUT2D eigenvalue weighted by Gasteiger charge is -2.19. The molecule has 1 heterocycles. The van der Waals surface area contributed by atoms with Gasteiger partial charge in [-0.2, -0.15) is 0 Å². The van der Waals surface area contributed by atoms with Crippen molar-refractivity contribution in [3.8, 4) is 0 Å². The van der Waals surface area contributed by atoms with Gasteiger partial charge in [-0.15, -0.1) is 5.10 Å². The SMILES string of the molecule is CCCC(NC(=O)c1ccc(NC(=O)CSc2nnnn2C)cc1)c1ccccc1. The van der Waals surface area contributed by atoms with Crippen LogP contribution in [-0.4, -0.2) is 37.8 Å². The number of carbonyl (C=O) groups is 2. The first-order valence-corrected chi connectivity index (χ1v) is 10.7. The third-order valence-electron chi connectivity index (χ3n) is 4.43. The Kier molecular flexibility index (Phi) is 7.56. The van der Waals surface area contributed by atoms with E-state index in [0.717, 1.165) is 18.4 Å². The summed E-state index contributed by atoms with van der Waals surface area (Å²) >= 11 is 1.25. The molecule has 0 aliphatic carbocycles. The van der Waals surface area contributed by atoms with Crippen LogP contribution in [-0.2, 0) is 11.8 Å². The Morgan fingerprint density at radius 3 is 2.47 bits per heavy atom. The van der Waals surface area contributed by atoms with Crippen molar-refractivity contribution in [1.29, 1.82) is 0 Å². The molecule has 0 aliphatic heterocycles. The summed E-state index contributed by atoms with van der Waals surface area (Å²) in [4.78, 5) is 24.8. The summed E-state index contributed by atoms with van der Waals surface area (Å²) in [7, 11) is 1.72. The van der Waals surface area contributed by atoms with Crippen molar-refractivity contribution < 1.29 is 9.59 Å². The van der Waals surface area contributed by atoms with Crippen molar-refractivity contribution >= 4 is 29.3 Å². The van der Waals surface area contributed by atoms with Crippen LogP contribution in [0.15, 0.2) is 59.8 Å². The van der Waals surface area contributed by atoms with Crippen LogP contribution in [0.1, 0.15) is 41.7 Å². The van der Waals surface area contributed by atoms with E-state index < -0.39 is 0 Å². The number of hydrogen-bond donors (Lipinski definition) is 2. The highest BCUT2D eigenvalue weighted by Crippen LogP contribution is 2.19. The molecule has 2 aromatic carbocycles. The van der Waals surface area contributed by atoms with Crippen molar-refractivity contribution in [2.24, 2.45) is 7.05 Å². The van der Waals surface area contributed by atoms with E-state index in [1.54, 1.807) is 31.3 Å². The molecule has 156 valence electrons. The number of carbonyl (C=O) groups excluding carboxylic acids is 2. The molecule has 2 N–H and O–H groups in total. The Labute approximate surface area is 179 Å². The third-order valence-corrected chi connectivity index (χ3v) is 5.44. The molecule has 3 rings (SSSR count). The molecule has 2 amide bonds. The molecule has 0 aliphatic rings. The van der Waals surface area contributed by atoms with Crippen LogP contribution in [0.3, 0.4) is 0 Å². The molecular weight excluding hydrogens is 400 g/mol. The van der Waals surface area contributed by atoms with Crippen LogP contribution in [0, 0.1) is 0 Å². The molecule has 1 aromatic heterocycles. The van der Waals surface area contributed by atoms with Crippen LogP contribution < -0.4 is 10.6 Å². The molecule has 9 heteroatoms. The van der Waals surface area contributed by atoms with Gasteiger partial charge in [0, 0.05) is 18.3 Å². The number of aromatic nitrogens is 4. The van der Waals surface area contributed by atoms with Crippen LogP contribution >= 0.6 is 11.8 Å². The molecular formula is C21H24N6O2S. The standard InChI is InChI=1S/C21H24N6O2S/c1-3-7-18(15-8-5-4-6-9-15)23-20(29)16-10-12-17(13-11-16)22-19(28)14-30-21-24-25-26-27(21)2/h4-6,8-13,18H,3,7,14H2,1-2H3,(H,22,28)(H,23,29). The quantitative estimate of drug-likeness (QED) is 0.512. The molecule has 0 spiro atoms. The minimum atomic E-state index is -0.174. The van der Waals surface area contributed by atoms with Crippen LogP contribution in [0.2, 0.25) is 0 Å². The molecule has 8 nitrogen and oxygen atoms in total. The largest absolute Gasteiger partial charge is 0.345 e. The Bertz CT molecular complexity index is 975. The smallest absolute Gasteiger partial charge is 0.251 e. The highest BCUT2D eigenvalue weighted by Gasteiger charge is 2.15. The van der Waals surface area contributed by atoms with Gasteiger partial charge in [0.25, 0.3) is 5.91 Å². The minimum Gasteiger partial charge on any atom is -0.345 e. The highest BCUT2D eigenvalue weighted by molar-refractivity contribution is 7.99. The Balaban J connectivity index is 1.55. The second-order valence-corrected chi connectivity index (χ2v) is 7.67. The molecule has 1 atom stereocenters. The Morgan fingerprint density at radius 2 is 1.83 bits per heavy atom. The van der Waals surface area contributed by atoms with Crippen LogP contribution in [0.4, 0.5) is 5.69 Å². The number of tetrazole rings is 1. The minimum absolute atomic E-state index is 0.0322. The molecule has 3 aromatic rings. The molecule has 1 unspecified atom stereocenters. The predicted octanol–water partition coefficient (Wildman–Crippen LogP) is 3.21. The summed E-state index contributed by atoms with van der Waals surface area (Å²) in [5, 5.41) is 17.6. The zero-order valence-electron chi connectivity index (χ0n) is 16.9. The fourth-order valence-corrected chi connectivity index (χ4v) is 3.56. The number of hydrogen-bond acceptors (Lipinski definition) is 6. The first kappa shape index (κ1) is 21.5. The second kappa shape index (κ2) is 10.5. The van der Waals surface area contributed by atoms with E-state index in [1.807, 2.05) is 30.3 Å². The van der Waals surface area contributed by atoms with Gasteiger partial charge >= 0.3 is 0 Å². The van der Waals surface area contributed by atoms with E-state index in [9.17, 15) is 9.59 Å². The lowest BCUT2D eigenvalue weighted by atomic mass is 10.0. The van der Waals surface area contributed by atoms with Gasteiger partial charge in [-0.3, -0.25) is 9.59 Å². The van der Waals surface area contributed by atoms with E-state index in [1.165, 1.54) is 16.4 Å². The lowest BCUT2D eigenvalue weighted by Crippen LogP contribution is -2.28. The van der Waals surface area contributed by atoms with Crippen molar-refractivity contribution in [3.63, 3.8) is 0 Å². The average molecular weight is 425 g/mol. The van der Waals surface area contributed by atoms with Gasteiger partial charge < -0.3 is 10.6 Å². The van der Waals surface area contributed by atoms with Gasteiger partial charge in [0.2, 0.25) is 11.1 Å². The monoisotopic (exact) mass is 424 g/mol. The Hall–Kier alpha value is -3.20. The summed E-state index contributed by atoms with van der Waals surface area (Å²) < 4.78 is 1.51. The zero-order valence-corrected chi connectivity index (χ0v) is 17.7. The van der Waals surface area contributed by atoms with Gasteiger partial charge in [-0.1, -0.05) is 55.4 Å².